The van der Waals surface area contributed by atoms with Crippen molar-refractivity contribution in [3.8, 4) is 0 Å². The Morgan fingerprint density at radius 1 is 1.10 bits per heavy atom. The van der Waals surface area contributed by atoms with Gasteiger partial charge in [-0.2, -0.15) is 0 Å². The number of hydrogen-bond acceptors (Lipinski definition) is 4. The number of hydrogen-bond donors (Lipinski definition) is 2. The number of allylic oxidation sites excluding steroid dienone is 1. The Morgan fingerprint density at radius 3 is 2.44 bits per heavy atom. The lowest BCUT2D eigenvalue weighted by molar-refractivity contribution is -0.0104. The van der Waals surface area contributed by atoms with E-state index in [9.17, 15) is 18.6 Å². The van der Waals surface area contributed by atoms with Crippen LogP contribution in [0.5, 0.6) is 0 Å². The number of aliphatic hydroxyl groups is 2. The van der Waals surface area contributed by atoms with Crippen molar-refractivity contribution >= 4 is 9.84 Å². The molecular formula is C34H54O4S. The van der Waals surface area contributed by atoms with Crippen LogP contribution < -0.4 is 0 Å². The van der Waals surface area contributed by atoms with Crippen LogP contribution in [0.1, 0.15) is 106 Å². The Bertz CT molecular complexity index is 1090. The highest BCUT2D eigenvalue weighted by molar-refractivity contribution is 7.92. The van der Waals surface area contributed by atoms with Gasteiger partial charge < -0.3 is 10.2 Å². The molecule has 0 aliphatic heterocycles. The van der Waals surface area contributed by atoms with Crippen molar-refractivity contribution < 1.29 is 18.6 Å². The fourth-order valence-electron chi connectivity index (χ4n) is 9.04. The van der Waals surface area contributed by atoms with Crippen molar-refractivity contribution in [1.29, 1.82) is 0 Å². The second-order valence-electron chi connectivity index (χ2n) is 14.3. The van der Waals surface area contributed by atoms with E-state index in [0.29, 0.717) is 35.0 Å². The molecule has 1 unspecified atom stereocenters. The molecule has 0 amide bonds. The van der Waals surface area contributed by atoms with E-state index < -0.39 is 26.8 Å². The molecule has 39 heavy (non-hydrogen) atoms. The van der Waals surface area contributed by atoms with Crippen LogP contribution in [-0.2, 0) is 9.84 Å². The fourth-order valence-corrected chi connectivity index (χ4v) is 11.1. The molecule has 0 spiro atoms. The summed E-state index contributed by atoms with van der Waals surface area (Å²) in [5.41, 5.74) is 0.967. The number of sulfone groups is 1. The molecule has 4 rings (SSSR count). The first kappa shape index (κ1) is 30.8. The maximum Gasteiger partial charge on any atom is 0.181 e. The quantitative estimate of drug-likeness (QED) is 0.274. The van der Waals surface area contributed by atoms with E-state index in [4.69, 9.17) is 0 Å². The third-order valence-corrected chi connectivity index (χ3v) is 13.5. The molecule has 2 N–H and O–H groups in total. The minimum atomic E-state index is -3.58. The molecule has 1 aromatic rings. The van der Waals surface area contributed by atoms with Gasteiger partial charge in [-0.05, 0) is 118 Å². The number of fused-ring (bicyclic) bond motifs is 3. The van der Waals surface area contributed by atoms with Crippen LogP contribution in [0.15, 0.2) is 46.9 Å². The Kier molecular flexibility index (Phi) is 9.45. The first-order valence-corrected chi connectivity index (χ1v) is 17.2. The Labute approximate surface area is 238 Å². The molecule has 0 aromatic heterocycles. The van der Waals surface area contributed by atoms with Crippen LogP contribution in [0.3, 0.4) is 0 Å². The molecular weight excluding hydrogens is 504 g/mol. The summed E-state index contributed by atoms with van der Waals surface area (Å²) < 4.78 is 28.1. The summed E-state index contributed by atoms with van der Waals surface area (Å²) >= 11 is 0. The minimum absolute atomic E-state index is 0.0195. The summed E-state index contributed by atoms with van der Waals surface area (Å²) in [4.78, 5) is 0.380. The monoisotopic (exact) mass is 558 g/mol. The zero-order chi connectivity index (χ0) is 28.6. The molecule has 0 heterocycles. The summed E-state index contributed by atoms with van der Waals surface area (Å²) in [6.07, 6.45) is 11.5. The second-order valence-corrected chi connectivity index (χ2v) is 16.5. The maximum absolute atomic E-state index is 14.0. The second kappa shape index (κ2) is 12.0. The summed E-state index contributed by atoms with van der Waals surface area (Å²) in [5, 5.41) is 21.2. The molecule has 0 bridgehead atoms. The van der Waals surface area contributed by atoms with Crippen LogP contribution in [-0.4, -0.2) is 35.6 Å². The molecule has 2 fully saturated rings. The number of aliphatic hydroxyl groups excluding tert-OH is 1. The van der Waals surface area contributed by atoms with Gasteiger partial charge in [0.2, 0.25) is 0 Å². The Hall–Kier alpha value is -1.17. The van der Waals surface area contributed by atoms with E-state index >= 15 is 0 Å². The number of rotatable bonds is 11. The highest BCUT2D eigenvalue weighted by atomic mass is 32.2. The first-order chi connectivity index (χ1) is 18.3. The molecule has 0 radical (unpaired) electrons. The molecule has 0 saturated heterocycles. The van der Waals surface area contributed by atoms with Gasteiger partial charge >= 0.3 is 0 Å². The average Bonchev–Trinajstić information content (AvgIpc) is 3.24. The lowest BCUT2D eigenvalue weighted by Gasteiger charge is -2.52. The van der Waals surface area contributed by atoms with E-state index in [-0.39, 0.29) is 17.3 Å². The van der Waals surface area contributed by atoms with Gasteiger partial charge in [0.05, 0.1) is 21.9 Å². The van der Waals surface area contributed by atoms with Crippen LogP contribution >= 0.6 is 0 Å². The number of benzene rings is 1. The third kappa shape index (κ3) is 6.36. The highest BCUT2D eigenvalue weighted by Crippen LogP contribution is 2.63. The predicted octanol–water partition coefficient (Wildman–Crippen LogP) is 7.59. The van der Waals surface area contributed by atoms with Gasteiger partial charge in [-0.3, -0.25) is 0 Å². The smallest absolute Gasteiger partial charge is 0.181 e. The Morgan fingerprint density at radius 2 is 1.79 bits per heavy atom. The van der Waals surface area contributed by atoms with Crippen LogP contribution in [0.25, 0.3) is 0 Å². The molecule has 5 heteroatoms. The molecule has 3 aliphatic carbocycles. The van der Waals surface area contributed by atoms with Gasteiger partial charge in [0.1, 0.15) is 0 Å². The summed E-state index contributed by atoms with van der Waals surface area (Å²) in [6.45, 7) is 12.7. The molecule has 1 aromatic carbocycles. The molecule has 220 valence electrons. The van der Waals surface area contributed by atoms with E-state index in [1.54, 1.807) is 24.3 Å². The molecule has 4 nitrogen and oxygen atoms in total. The lowest BCUT2D eigenvalue weighted by atomic mass is 9.53. The van der Waals surface area contributed by atoms with E-state index in [1.807, 2.05) is 26.8 Å². The van der Waals surface area contributed by atoms with E-state index in [2.05, 4.69) is 26.8 Å². The summed E-state index contributed by atoms with van der Waals surface area (Å²) in [5.74, 6) is 2.30. The van der Waals surface area contributed by atoms with Crippen LogP contribution in [0.4, 0.5) is 0 Å². The van der Waals surface area contributed by atoms with Gasteiger partial charge in [0.25, 0.3) is 0 Å². The highest BCUT2D eigenvalue weighted by Gasteiger charge is 2.56. The zero-order valence-electron chi connectivity index (χ0n) is 25.3. The van der Waals surface area contributed by atoms with Crippen LogP contribution in [0, 0.1) is 40.9 Å². The Balaban J connectivity index is 1.56. The van der Waals surface area contributed by atoms with Gasteiger partial charge in [-0.1, -0.05) is 70.9 Å². The predicted molar refractivity (Wildman–Crippen MR) is 160 cm³/mol. The average molecular weight is 559 g/mol. The van der Waals surface area contributed by atoms with Gasteiger partial charge in [-0.25, -0.2) is 8.42 Å². The van der Waals surface area contributed by atoms with Gasteiger partial charge in [0, 0.05) is 0 Å². The minimum Gasteiger partial charge on any atom is -0.393 e. The first-order valence-electron chi connectivity index (χ1n) is 15.7. The maximum atomic E-state index is 14.0. The standard InChI is InChI=1S/C34H54O4S/c1-7-18-33(5,36)22-25-13-14-28-26(20-25)17-19-34(6)29(15-16-30(28)34)24(4)32(21-31(35)23(2)3)39(37,38)27-11-9-8-10-12-27/h8-13,23-24,26,28-32,35-36H,7,14-22H2,1-6H3/t24-,26+,28+,29+,30-,31-,32?,33-,34+/m0/s1. The lowest BCUT2D eigenvalue weighted by Crippen LogP contribution is -2.46. The zero-order valence-corrected chi connectivity index (χ0v) is 26.1. The van der Waals surface area contributed by atoms with Crippen molar-refractivity contribution in [2.45, 2.75) is 128 Å². The summed E-state index contributed by atoms with van der Waals surface area (Å²) in [6, 6.07) is 8.88. The summed E-state index contributed by atoms with van der Waals surface area (Å²) in [7, 11) is -3.58. The van der Waals surface area contributed by atoms with Gasteiger partial charge in [-0.15, -0.1) is 0 Å². The molecule has 9 atom stereocenters. The largest absolute Gasteiger partial charge is 0.393 e. The van der Waals surface area contributed by atoms with E-state index in [0.717, 1.165) is 44.9 Å². The van der Waals surface area contributed by atoms with Crippen molar-refractivity contribution in [1.82, 2.24) is 0 Å². The fraction of sp³-hybridized carbons (Fsp3) is 0.765. The topological polar surface area (TPSA) is 74.6 Å². The molecule has 3 aliphatic rings. The SMILES string of the molecule is CCC[C@](C)(O)CC1=CC[C@@H]2[C@H](CC[C@]3(C)[C@@H]([C@H](C)C(C[C@H](O)C(C)C)S(=O)(=O)c4ccccc4)CC[C@@H]23)C1. The van der Waals surface area contributed by atoms with Crippen LogP contribution in [0.2, 0.25) is 0 Å². The molecule has 2 saturated carbocycles. The van der Waals surface area contributed by atoms with Crippen molar-refractivity contribution in [3.63, 3.8) is 0 Å². The third-order valence-electron chi connectivity index (χ3n) is 11.2. The normalized spacial score (nSPS) is 33.0. The van der Waals surface area contributed by atoms with E-state index in [1.165, 1.54) is 18.4 Å². The van der Waals surface area contributed by atoms with Crippen molar-refractivity contribution in [2.75, 3.05) is 0 Å². The van der Waals surface area contributed by atoms with Gasteiger partial charge in [0.15, 0.2) is 9.84 Å². The van der Waals surface area contributed by atoms with Crippen molar-refractivity contribution in [3.05, 3.63) is 42.0 Å². The van der Waals surface area contributed by atoms with Crippen molar-refractivity contribution in [2.24, 2.45) is 40.9 Å².